The predicted octanol–water partition coefficient (Wildman–Crippen LogP) is 15.5. The third kappa shape index (κ3) is 5.96. The van der Waals surface area contributed by atoms with Crippen LogP contribution in [0.5, 0.6) is 0 Å². The Morgan fingerprint density at radius 3 is 1.52 bits per heavy atom. The monoisotopic (exact) mass is 725 g/mol. The van der Waals surface area contributed by atoms with Crippen LogP contribution in [-0.2, 0) is 12.8 Å². The van der Waals surface area contributed by atoms with Gasteiger partial charge in [-0.1, -0.05) is 145 Å². The van der Waals surface area contributed by atoms with Gasteiger partial charge in [-0.25, -0.2) is 0 Å². The molecule has 0 N–H and O–H groups in total. The van der Waals surface area contributed by atoms with Crippen molar-refractivity contribution in [3.8, 4) is 27.9 Å². The fraction of sp³-hybridized carbons (Fsp3) is 0.185. The Morgan fingerprint density at radius 2 is 0.946 bits per heavy atom. The maximum Gasteiger partial charge on any atom is 0.159 e. The zero-order valence-corrected chi connectivity index (χ0v) is 33.2. The number of rotatable bonds is 5. The van der Waals surface area contributed by atoms with Gasteiger partial charge in [0.25, 0.3) is 0 Å². The van der Waals surface area contributed by atoms with Crippen LogP contribution in [0.2, 0.25) is 0 Å². The van der Waals surface area contributed by atoms with E-state index in [9.17, 15) is 0 Å². The molecule has 0 aliphatic carbocycles. The molecule has 0 aliphatic heterocycles. The third-order valence-electron chi connectivity index (χ3n) is 11.4. The molecule has 0 bridgehead atoms. The Morgan fingerprint density at radius 1 is 0.429 bits per heavy atom. The summed E-state index contributed by atoms with van der Waals surface area (Å²) in [5.74, 6) is 0. The van der Waals surface area contributed by atoms with Crippen LogP contribution in [0.1, 0.15) is 52.7 Å². The maximum atomic E-state index is 7.02. The highest BCUT2D eigenvalue weighted by molar-refractivity contribution is 6.15. The van der Waals surface area contributed by atoms with Crippen LogP contribution in [-0.4, -0.2) is 4.57 Å². The molecule has 2 nitrogen and oxygen atoms in total. The van der Waals surface area contributed by atoms with Gasteiger partial charge in [-0.05, 0) is 127 Å². The number of aromatic nitrogens is 1. The molecule has 274 valence electrons. The fourth-order valence-electron chi connectivity index (χ4n) is 9.13. The minimum Gasteiger partial charge on any atom is -0.454 e. The first-order valence-corrected chi connectivity index (χ1v) is 20.0. The lowest BCUT2D eigenvalue weighted by molar-refractivity contribution is 0.411. The number of hydrogen-bond donors (Lipinski definition) is 0. The van der Waals surface area contributed by atoms with Crippen LogP contribution in [0.15, 0.2) is 156 Å². The average Bonchev–Trinajstić information content (AvgIpc) is 3.70. The molecule has 0 aliphatic rings. The van der Waals surface area contributed by atoms with Gasteiger partial charge in [-0.3, -0.25) is 0 Å². The van der Waals surface area contributed by atoms with Gasteiger partial charge >= 0.3 is 0 Å². The summed E-state index contributed by atoms with van der Waals surface area (Å²) in [5.41, 5.74) is 13.1. The number of benzene rings is 8. The lowest BCUT2D eigenvalue weighted by Gasteiger charge is -2.18. The van der Waals surface area contributed by atoms with Crippen molar-refractivity contribution in [2.24, 2.45) is 10.8 Å². The van der Waals surface area contributed by atoms with Gasteiger partial charge < -0.3 is 8.98 Å². The minimum absolute atomic E-state index is 0.182. The molecule has 0 spiro atoms. The van der Waals surface area contributed by atoms with E-state index in [4.69, 9.17) is 4.42 Å². The molecule has 0 saturated carbocycles. The molecular weight excluding hydrogens is 679 g/mol. The second-order valence-corrected chi connectivity index (χ2v) is 18.3. The molecule has 2 heteroatoms. The first-order chi connectivity index (χ1) is 27.0. The number of fused-ring (bicyclic) bond motifs is 8. The van der Waals surface area contributed by atoms with E-state index in [0.717, 1.165) is 40.5 Å². The first-order valence-electron chi connectivity index (χ1n) is 20.0. The maximum absolute atomic E-state index is 7.02. The largest absolute Gasteiger partial charge is 0.454 e. The quantitative estimate of drug-likeness (QED) is 0.173. The molecule has 10 aromatic rings. The van der Waals surface area contributed by atoms with Gasteiger partial charge in [0.05, 0.1) is 16.7 Å². The van der Waals surface area contributed by atoms with E-state index in [1.54, 1.807) is 0 Å². The standard InChI is InChI=1S/C54H47NO/c1-53(2,3)32-34-21-24-48-44(27-34)45-28-35(33-54(4,5)6)22-25-49(45)55(48)50-31-39(43-20-12-16-37-14-8-10-18-41(37)43)30-47-46-29-38(23-26-51(46)56-52(47)50)42-19-11-15-36-13-7-9-17-40(36)42/h7-31H,32-33H2,1-6H3. The molecule has 0 unspecified atom stereocenters. The van der Waals surface area contributed by atoms with Crippen molar-refractivity contribution in [1.82, 2.24) is 4.57 Å². The van der Waals surface area contributed by atoms with Gasteiger partial charge in [0.2, 0.25) is 0 Å². The van der Waals surface area contributed by atoms with Gasteiger partial charge in [-0.15, -0.1) is 0 Å². The molecule has 0 saturated heterocycles. The summed E-state index contributed by atoms with van der Waals surface area (Å²) in [6.07, 6.45) is 2.03. The molecule has 0 amide bonds. The van der Waals surface area contributed by atoms with Crippen molar-refractivity contribution in [3.05, 3.63) is 163 Å². The zero-order valence-electron chi connectivity index (χ0n) is 33.2. The van der Waals surface area contributed by atoms with Crippen molar-refractivity contribution < 1.29 is 4.42 Å². The summed E-state index contributed by atoms with van der Waals surface area (Å²) < 4.78 is 9.49. The van der Waals surface area contributed by atoms with E-state index in [0.29, 0.717) is 0 Å². The van der Waals surface area contributed by atoms with E-state index >= 15 is 0 Å². The summed E-state index contributed by atoms with van der Waals surface area (Å²) >= 11 is 0. The molecule has 0 fully saturated rings. The Labute approximate surface area is 329 Å². The van der Waals surface area contributed by atoms with E-state index in [1.165, 1.54) is 76.7 Å². The second-order valence-electron chi connectivity index (χ2n) is 18.3. The van der Waals surface area contributed by atoms with E-state index in [2.05, 4.69) is 198 Å². The van der Waals surface area contributed by atoms with Crippen molar-refractivity contribution >= 4 is 65.3 Å². The average molecular weight is 726 g/mol. The molecule has 0 radical (unpaired) electrons. The van der Waals surface area contributed by atoms with Crippen molar-refractivity contribution in [3.63, 3.8) is 0 Å². The predicted molar refractivity (Wildman–Crippen MR) is 240 cm³/mol. The van der Waals surface area contributed by atoms with Gasteiger partial charge in [0.1, 0.15) is 5.58 Å². The number of furan rings is 1. The van der Waals surface area contributed by atoms with Gasteiger partial charge in [0, 0.05) is 21.5 Å². The van der Waals surface area contributed by atoms with E-state index in [-0.39, 0.29) is 10.8 Å². The van der Waals surface area contributed by atoms with Crippen LogP contribution in [0.3, 0.4) is 0 Å². The Hall–Kier alpha value is -6.12. The van der Waals surface area contributed by atoms with Crippen molar-refractivity contribution in [2.75, 3.05) is 0 Å². The second kappa shape index (κ2) is 12.7. The van der Waals surface area contributed by atoms with Crippen LogP contribution >= 0.6 is 0 Å². The van der Waals surface area contributed by atoms with E-state index < -0.39 is 0 Å². The number of nitrogens with zero attached hydrogens (tertiary/aromatic N) is 1. The zero-order chi connectivity index (χ0) is 38.3. The van der Waals surface area contributed by atoms with Crippen LogP contribution in [0, 0.1) is 10.8 Å². The SMILES string of the molecule is CC(C)(C)Cc1ccc2c(c1)c1cc(CC(C)(C)C)ccc1n2-c1cc(-c2cccc3ccccc23)cc2c1oc1ccc(-c3cccc4ccccc34)cc12. The molecule has 8 aromatic carbocycles. The Balaban J connectivity index is 1.29. The Kier molecular flexibility index (Phi) is 7.80. The van der Waals surface area contributed by atoms with Crippen molar-refractivity contribution in [2.45, 2.75) is 54.4 Å². The first kappa shape index (κ1) is 34.4. The minimum atomic E-state index is 0.182. The highest BCUT2D eigenvalue weighted by atomic mass is 16.3. The lowest BCUT2D eigenvalue weighted by Crippen LogP contribution is -2.09. The van der Waals surface area contributed by atoms with Gasteiger partial charge in [0.15, 0.2) is 5.58 Å². The van der Waals surface area contributed by atoms with E-state index in [1.807, 2.05) is 0 Å². The number of hydrogen-bond acceptors (Lipinski definition) is 1. The smallest absolute Gasteiger partial charge is 0.159 e. The van der Waals surface area contributed by atoms with Crippen LogP contribution < -0.4 is 0 Å². The third-order valence-corrected chi connectivity index (χ3v) is 11.4. The Bertz CT molecular complexity index is 3070. The molecule has 10 rings (SSSR count). The summed E-state index contributed by atoms with van der Waals surface area (Å²) in [6.45, 7) is 13.9. The summed E-state index contributed by atoms with van der Waals surface area (Å²) in [5, 5.41) is 9.78. The topological polar surface area (TPSA) is 18.1 Å². The molecule has 2 heterocycles. The molecular formula is C54H47NO. The lowest BCUT2D eigenvalue weighted by atomic mass is 9.87. The summed E-state index contributed by atoms with van der Waals surface area (Å²) in [7, 11) is 0. The van der Waals surface area contributed by atoms with Crippen LogP contribution in [0.25, 0.3) is 93.2 Å². The highest BCUT2D eigenvalue weighted by Crippen LogP contribution is 2.44. The molecule has 2 aromatic heterocycles. The van der Waals surface area contributed by atoms with Gasteiger partial charge in [-0.2, -0.15) is 0 Å². The normalized spacial score (nSPS) is 12.6. The van der Waals surface area contributed by atoms with Crippen molar-refractivity contribution in [1.29, 1.82) is 0 Å². The summed E-state index contributed by atoms with van der Waals surface area (Å²) in [6, 6.07) is 56.3. The van der Waals surface area contributed by atoms with Crippen LogP contribution in [0.4, 0.5) is 0 Å². The highest BCUT2D eigenvalue weighted by Gasteiger charge is 2.23. The summed E-state index contributed by atoms with van der Waals surface area (Å²) in [4.78, 5) is 0. The molecule has 56 heavy (non-hydrogen) atoms. The molecule has 0 atom stereocenters. The fourth-order valence-corrected chi connectivity index (χ4v) is 9.13.